The van der Waals surface area contributed by atoms with Crippen molar-refractivity contribution in [1.82, 2.24) is 0 Å². The van der Waals surface area contributed by atoms with Crippen LogP contribution in [0.5, 0.6) is 11.5 Å². The highest BCUT2D eigenvalue weighted by Crippen LogP contribution is 2.42. The lowest BCUT2D eigenvalue weighted by molar-refractivity contribution is -0.0435. The Morgan fingerprint density at radius 1 is 0.950 bits per heavy atom. The minimum Gasteiger partial charge on any atom is -0.449 e. The lowest BCUT2D eigenvalue weighted by Gasteiger charge is -2.16. The van der Waals surface area contributed by atoms with Crippen LogP contribution in [0.15, 0.2) is 18.2 Å². The average molecular weight is 278 g/mol. The number of benzene rings is 1. The molecule has 1 aliphatic rings. The lowest BCUT2D eigenvalue weighted by atomic mass is 10.0. The van der Waals surface area contributed by atoms with Gasteiger partial charge in [-0.25, -0.2) is 0 Å². The predicted molar refractivity (Wildman–Crippen MR) is 80.3 cm³/mol. The Balaban J connectivity index is 1.76. The highest BCUT2D eigenvalue weighted by Gasteiger charge is 2.32. The molecule has 1 aromatic rings. The summed E-state index contributed by atoms with van der Waals surface area (Å²) in [6.45, 7) is 4.21. The Bertz CT molecular complexity index is 426. The van der Waals surface area contributed by atoms with Gasteiger partial charge in [-0.05, 0) is 30.9 Å². The van der Waals surface area contributed by atoms with Crippen molar-refractivity contribution in [3.8, 4) is 11.5 Å². The normalized spacial score (nSPS) is 15.6. The molecule has 1 N–H and O–H groups in total. The third kappa shape index (κ3) is 4.14. The van der Waals surface area contributed by atoms with Crippen molar-refractivity contribution in [3.05, 3.63) is 23.8 Å². The molecule has 3 nitrogen and oxygen atoms in total. The zero-order valence-electron chi connectivity index (χ0n) is 12.7. The molecule has 0 aromatic heterocycles. The van der Waals surface area contributed by atoms with Crippen LogP contribution in [0.1, 0.15) is 57.9 Å². The summed E-state index contributed by atoms with van der Waals surface area (Å²) in [5.41, 5.74) is 1.25. The first-order valence-electron chi connectivity index (χ1n) is 7.73. The van der Waals surface area contributed by atoms with E-state index in [4.69, 9.17) is 14.6 Å². The SMILES string of the molecule is CC1(C)Oc2cccc(CCCCCCCCO)c2O1. The minimum atomic E-state index is -0.539. The van der Waals surface area contributed by atoms with Crippen molar-refractivity contribution in [2.75, 3.05) is 6.61 Å². The van der Waals surface area contributed by atoms with Crippen LogP contribution in [0.3, 0.4) is 0 Å². The number of hydrogen-bond donors (Lipinski definition) is 1. The number of aliphatic hydroxyl groups excluding tert-OH is 1. The molecule has 0 bridgehead atoms. The first-order valence-corrected chi connectivity index (χ1v) is 7.73. The van der Waals surface area contributed by atoms with E-state index in [-0.39, 0.29) is 0 Å². The molecule has 0 amide bonds. The predicted octanol–water partition coefficient (Wildman–Crippen LogP) is 4.07. The fourth-order valence-electron chi connectivity index (χ4n) is 2.62. The van der Waals surface area contributed by atoms with E-state index < -0.39 is 5.79 Å². The number of hydrogen-bond acceptors (Lipinski definition) is 3. The molecule has 0 saturated heterocycles. The summed E-state index contributed by atoms with van der Waals surface area (Å²) in [6.07, 6.45) is 8.01. The Labute approximate surface area is 121 Å². The molecule has 0 atom stereocenters. The van der Waals surface area contributed by atoms with Crippen molar-refractivity contribution >= 4 is 0 Å². The van der Waals surface area contributed by atoms with Crippen LogP contribution in [-0.4, -0.2) is 17.5 Å². The highest BCUT2D eigenvalue weighted by molar-refractivity contribution is 5.49. The van der Waals surface area contributed by atoms with Crippen LogP contribution in [0.4, 0.5) is 0 Å². The van der Waals surface area contributed by atoms with E-state index in [1.807, 2.05) is 26.0 Å². The molecule has 1 aliphatic heterocycles. The molecule has 112 valence electrons. The molecule has 3 heteroatoms. The summed E-state index contributed by atoms with van der Waals surface area (Å²) in [7, 11) is 0. The van der Waals surface area contributed by atoms with Gasteiger partial charge in [-0.3, -0.25) is 0 Å². The topological polar surface area (TPSA) is 38.7 Å². The Kier molecular flexibility index (Phi) is 5.30. The van der Waals surface area contributed by atoms with Gasteiger partial charge in [-0.2, -0.15) is 0 Å². The van der Waals surface area contributed by atoms with Gasteiger partial charge in [0.25, 0.3) is 0 Å². The van der Waals surface area contributed by atoms with E-state index >= 15 is 0 Å². The molecule has 0 aliphatic carbocycles. The van der Waals surface area contributed by atoms with Crippen LogP contribution < -0.4 is 9.47 Å². The van der Waals surface area contributed by atoms with Crippen molar-refractivity contribution in [2.24, 2.45) is 0 Å². The number of fused-ring (bicyclic) bond motifs is 1. The summed E-state index contributed by atoms with van der Waals surface area (Å²) in [6, 6.07) is 6.15. The zero-order chi connectivity index (χ0) is 14.4. The van der Waals surface area contributed by atoms with Gasteiger partial charge in [0, 0.05) is 20.5 Å². The van der Waals surface area contributed by atoms with Crippen molar-refractivity contribution < 1.29 is 14.6 Å². The molecule has 0 unspecified atom stereocenters. The molecule has 1 heterocycles. The maximum Gasteiger partial charge on any atom is 0.246 e. The first kappa shape index (κ1) is 15.2. The zero-order valence-corrected chi connectivity index (χ0v) is 12.7. The monoisotopic (exact) mass is 278 g/mol. The Morgan fingerprint density at radius 2 is 1.65 bits per heavy atom. The maximum absolute atomic E-state index is 8.72. The molecule has 0 saturated carbocycles. The van der Waals surface area contributed by atoms with Gasteiger partial charge in [0.2, 0.25) is 5.79 Å². The standard InChI is InChI=1S/C17H26O3/c1-17(2)19-15-12-9-11-14(16(15)20-17)10-7-5-3-4-6-8-13-18/h9,11-12,18H,3-8,10,13H2,1-2H3. The fraction of sp³-hybridized carbons (Fsp3) is 0.647. The molecule has 20 heavy (non-hydrogen) atoms. The number of ether oxygens (including phenoxy) is 2. The summed E-state index contributed by atoms with van der Waals surface area (Å²) >= 11 is 0. The van der Waals surface area contributed by atoms with E-state index in [9.17, 15) is 0 Å². The van der Waals surface area contributed by atoms with E-state index in [1.165, 1.54) is 31.2 Å². The number of aliphatic hydroxyl groups is 1. The third-order valence-electron chi connectivity index (χ3n) is 3.62. The minimum absolute atomic E-state index is 0.323. The molecular weight excluding hydrogens is 252 g/mol. The van der Waals surface area contributed by atoms with Gasteiger partial charge < -0.3 is 14.6 Å². The maximum atomic E-state index is 8.72. The van der Waals surface area contributed by atoms with Crippen LogP contribution in [0.25, 0.3) is 0 Å². The number of aryl methyl sites for hydroxylation is 1. The van der Waals surface area contributed by atoms with E-state index in [0.29, 0.717) is 6.61 Å². The summed E-state index contributed by atoms with van der Waals surface area (Å²) in [5.74, 6) is 1.26. The van der Waals surface area contributed by atoms with Crippen LogP contribution in [0, 0.1) is 0 Å². The second-order valence-corrected chi connectivity index (χ2v) is 5.94. The number of para-hydroxylation sites is 1. The summed E-state index contributed by atoms with van der Waals surface area (Å²) < 4.78 is 11.6. The molecule has 0 fully saturated rings. The summed E-state index contributed by atoms with van der Waals surface area (Å²) in [5, 5.41) is 8.72. The Hall–Kier alpha value is -1.22. The van der Waals surface area contributed by atoms with E-state index in [2.05, 4.69) is 6.07 Å². The molecule has 1 aromatic carbocycles. The highest BCUT2D eigenvalue weighted by atomic mass is 16.7. The quantitative estimate of drug-likeness (QED) is 0.728. The molecule has 2 rings (SSSR count). The van der Waals surface area contributed by atoms with Gasteiger partial charge in [0.15, 0.2) is 11.5 Å². The van der Waals surface area contributed by atoms with Crippen LogP contribution >= 0.6 is 0 Å². The first-order chi connectivity index (χ1) is 9.62. The van der Waals surface area contributed by atoms with Crippen molar-refractivity contribution in [2.45, 2.75) is 64.6 Å². The summed E-state index contributed by atoms with van der Waals surface area (Å²) in [4.78, 5) is 0. The average Bonchev–Trinajstić information content (AvgIpc) is 2.72. The largest absolute Gasteiger partial charge is 0.449 e. The second-order valence-electron chi connectivity index (χ2n) is 5.94. The van der Waals surface area contributed by atoms with Gasteiger partial charge in [-0.1, -0.05) is 37.8 Å². The lowest BCUT2D eigenvalue weighted by Crippen LogP contribution is -2.29. The van der Waals surface area contributed by atoms with Gasteiger partial charge in [0.1, 0.15) is 0 Å². The number of unbranched alkanes of at least 4 members (excludes halogenated alkanes) is 5. The van der Waals surface area contributed by atoms with E-state index in [1.54, 1.807) is 0 Å². The van der Waals surface area contributed by atoms with E-state index in [0.717, 1.165) is 30.8 Å². The number of rotatable bonds is 8. The molecule has 0 radical (unpaired) electrons. The van der Waals surface area contributed by atoms with Crippen LogP contribution in [0.2, 0.25) is 0 Å². The Morgan fingerprint density at radius 3 is 2.40 bits per heavy atom. The fourth-order valence-corrected chi connectivity index (χ4v) is 2.62. The van der Waals surface area contributed by atoms with Gasteiger partial charge in [0.05, 0.1) is 0 Å². The molecular formula is C17H26O3. The van der Waals surface area contributed by atoms with Crippen molar-refractivity contribution in [1.29, 1.82) is 0 Å². The molecule has 0 spiro atoms. The van der Waals surface area contributed by atoms with Crippen molar-refractivity contribution in [3.63, 3.8) is 0 Å². The van der Waals surface area contributed by atoms with Gasteiger partial charge >= 0.3 is 0 Å². The third-order valence-corrected chi connectivity index (χ3v) is 3.62. The van der Waals surface area contributed by atoms with Gasteiger partial charge in [-0.15, -0.1) is 0 Å². The van der Waals surface area contributed by atoms with Crippen LogP contribution in [-0.2, 0) is 6.42 Å². The smallest absolute Gasteiger partial charge is 0.246 e. The second kappa shape index (κ2) is 6.98.